The predicted octanol–water partition coefficient (Wildman–Crippen LogP) is 14.5. The van der Waals surface area contributed by atoms with Gasteiger partial charge in [0.2, 0.25) is 0 Å². The quantitative estimate of drug-likeness (QED) is 0.169. The van der Waals surface area contributed by atoms with Crippen LogP contribution in [0.3, 0.4) is 0 Å². The highest BCUT2D eigenvalue weighted by atomic mass is 15.2. The first-order valence-corrected chi connectivity index (χ1v) is 21.4. The molecule has 0 radical (unpaired) electrons. The average Bonchev–Trinajstić information content (AvgIpc) is 3.55. The highest BCUT2D eigenvalue weighted by molar-refractivity contribution is 5.91. The van der Waals surface area contributed by atoms with E-state index in [9.17, 15) is 0 Å². The summed E-state index contributed by atoms with van der Waals surface area (Å²) in [5.74, 6) is 0. The van der Waals surface area contributed by atoms with Crippen molar-refractivity contribution < 1.29 is 0 Å². The molecule has 1 heteroatoms. The van der Waals surface area contributed by atoms with Crippen molar-refractivity contribution in [2.24, 2.45) is 5.41 Å². The summed E-state index contributed by atoms with van der Waals surface area (Å²) in [6.45, 7) is 13.8. The minimum Gasteiger partial charge on any atom is -0.334 e. The Balaban J connectivity index is 1.26. The minimum atomic E-state index is -0.550. The number of anilines is 2. The molecule has 3 aliphatic carbocycles. The van der Waals surface area contributed by atoms with Crippen LogP contribution in [0.1, 0.15) is 98.0 Å². The fraction of sp³-hybridized carbons (Fsp3) is 0.207. The second-order valence-corrected chi connectivity index (χ2v) is 18.8. The zero-order valence-corrected chi connectivity index (χ0v) is 35.2. The maximum atomic E-state index is 2.59. The molecule has 1 unspecified atom stereocenters. The molecule has 0 heterocycles. The van der Waals surface area contributed by atoms with Gasteiger partial charge in [0.1, 0.15) is 0 Å². The molecule has 0 saturated heterocycles. The fourth-order valence-corrected chi connectivity index (χ4v) is 10.7. The van der Waals surface area contributed by atoms with Gasteiger partial charge in [-0.1, -0.05) is 211 Å². The first kappa shape index (κ1) is 37.1. The van der Waals surface area contributed by atoms with Gasteiger partial charge in [0.05, 0.1) is 16.9 Å². The molecule has 10 rings (SSSR count). The van der Waals surface area contributed by atoms with Crippen LogP contribution < -0.4 is 4.90 Å². The van der Waals surface area contributed by atoms with E-state index >= 15 is 0 Å². The molecule has 7 aromatic carbocycles. The molecule has 1 atom stereocenters. The van der Waals surface area contributed by atoms with E-state index in [1.807, 2.05) is 0 Å². The Hall–Kier alpha value is -6.18. The molecular weight excluding hydrogens is 711 g/mol. The molecule has 0 fully saturated rings. The zero-order valence-electron chi connectivity index (χ0n) is 35.2. The van der Waals surface area contributed by atoms with E-state index in [0.717, 1.165) is 6.42 Å². The first-order chi connectivity index (χ1) is 28.5. The SMILES string of the molecule is CC(C)(C)C1=CCC(N(c2ccc(C(C)(C)C)cc2)c2ccc3c(c2)C2(c4ccccc4-3)c3ccccc3C(c3ccccc3)(c3ccccc3)c3ccccc32)C=C1. The molecule has 0 aliphatic heterocycles. The van der Waals surface area contributed by atoms with Gasteiger partial charge in [-0.15, -0.1) is 0 Å². The lowest BCUT2D eigenvalue weighted by Gasteiger charge is -2.50. The number of hydrogen-bond donors (Lipinski definition) is 0. The lowest BCUT2D eigenvalue weighted by molar-refractivity contribution is 0.510. The highest BCUT2D eigenvalue weighted by Crippen LogP contribution is 2.65. The van der Waals surface area contributed by atoms with Gasteiger partial charge in [-0.25, -0.2) is 0 Å². The van der Waals surface area contributed by atoms with E-state index in [4.69, 9.17) is 0 Å². The van der Waals surface area contributed by atoms with Crippen molar-refractivity contribution in [1.29, 1.82) is 0 Å². The van der Waals surface area contributed by atoms with Crippen LogP contribution in [0.4, 0.5) is 11.4 Å². The summed E-state index contributed by atoms with van der Waals surface area (Å²) in [7, 11) is 0. The summed E-state index contributed by atoms with van der Waals surface area (Å²) in [5.41, 5.74) is 17.4. The van der Waals surface area contributed by atoms with Gasteiger partial charge in [-0.3, -0.25) is 0 Å². The molecule has 0 N–H and O–H groups in total. The summed E-state index contributed by atoms with van der Waals surface area (Å²) >= 11 is 0. The number of nitrogens with zero attached hydrogens (tertiary/aromatic N) is 1. The molecule has 0 aromatic heterocycles. The Bertz CT molecular complexity index is 2660. The molecule has 1 nitrogen and oxygen atoms in total. The van der Waals surface area contributed by atoms with Crippen LogP contribution in [-0.2, 0) is 16.2 Å². The van der Waals surface area contributed by atoms with Gasteiger partial charge < -0.3 is 4.90 Å². The monoisotopic (exact) mass is 763 g/mol. The minimum absolute atomic E-state index is 0.0701. The van der Waals surface area contributed by atoms with E-state index in [1.165, 1.54) is 78.1 Å². The maximum absolute atomic E-state index is 2.59. The van der Waals surface area contributed by atoms with Crippen LogP contribution in [0.25, 0.3) is 11.1 Å². The normalized spacial score (nSPS) is 17.1. The summed E-state index contributed by atoms with van der Waals surface area (Å²) in [4.78, 5) is 2.59. The maximum Gasteiger partial charge on any atom is 0.0720 e. The number of fused-ring (bicyclic) bond motifs is 9. The molecule has 3 aliphatic rings. The van der Waals surface area contributed by atoms with Crippen LogP contribution in [0.2, 0.25) is 0 Å². The summed E-state index contributed by atoms with van der Waals surface area (Å²) in [6, 6.07) is 67.1. The van der Waals surface area contributed by atoms with Crippen molar-refractivity contribution in [2.75, 3.05) is 4.90 Å². The van der Waals surface area contributed by atoms with Crippen molar-refractivity contribution in [3.05, 3.63) is 250 Å². The predicted molar refractivity (Wildman–Crippen MR) is 248 cm³/mol. The molecule has 59 heavy (non-hydrogen) atoms. The molecule has 0 amide bonds. The largest absolute Gasteiger partial charge is 0.334 e. The van der Waals surface area contributed by atoms with E-state index < -0.39 is 10.8 Å². The molecule has 0 bridgehead atoms. The third-order valence-corrected chi connectivity index (χ3v) is 13.5. The second kappa shape index (κ2) is 13.7. The topological polar surface area (TPSA) is 3.24 Å². The van der Waals surface area contributed by atoms with Crippen LogP contribution >= 0.6 is 0 Å². The average molecular weight is 764 g/mol. The lowest BCUT2D eigenvalue weighted by atomic mass is 9.51. The van der Waals surface area contributed by atoms with Crippen LogP contribution in [-0.4, -0.2) is 6.04 Å². The Morgan fingerprint density at radius 3 is 1.42 bits per heavy atom. The summed E-state index contributed by atoms with van der Waals surface area (Å²) in [6.07, 6.45) is 8.21. The third kappa shape index (κ3) is 5.58. The number of allylic oxidation sites excluding steroid dienone is 2. The van der Waals surface area contributed by atoms with Crippen molar-refractivity contribution in [2.45, 2.75) is 70.3 Å². The van der Waals surface area contributed by atoms with Gasteiger partial charge >= 0.3 is 0 Å². The highest BCUT2D eigenvalue weighted by Gasteiger charge is 2.56. The lowest BCUT2D eigenvalue weighted by Crippen LogP contribution is -2.44. The van der Waals surface area contributed by atoms with E-state index in [-0.39, 0.29) is 16.9 Å². The Morgan fingerprint density at radius 2 is 0.915 bits per heavy atom. The molecule has 1 spiro atoms. The third-order valence-electron chi connectivity index (χ3n) is 13.5. The number of rotatable bonds is 5. The van der Waals surface area contributed by atoms with E-state index in [0.29, 0.717) is 0 Å². The van der Waals surface area contributed by atoms with Crippen molar-refractivity contribution in [1.82, 2.24) is 0 Å². The Kier molecular flexibility index (Phi) is 8.62. The molecule has 290 valence electrons. The number of hydrogen-bond acceptors (Lipinski definition) is 1. The van der Waals surface area contributed by atoms with Crippen molar-refractivity contribution >= 4 is 11.4 Å². The van der Waals surface area contributed by atoms with Gasteiger partial charge in [-0.05, 0) is 108 Å². The summed E-state index contributed by atoms with van der Waals surface area (Å²) in [5, 5.41) is 0. The van der Waals surface area contributed by atoms with Crippen LogP contribution in [0.5, 0.6) is 0 Å². The van der Waals surface area contributed by atoms with Gasteiger partial charge in [-0.2, -0.15) is 0 Å². The van der Waals surface area contributed by atoms with Crippen molar-refractivity contribution in [3.8, 4) is 11.1 Å². The molecule has 7 aromatic rings. The van der Waals surface area contributed by atoms with E-state index in [2.05, 4.69) is 241 Å². The number of benzene rings is 7. The van der Waals surface area contributed by atoms with Gasteiger partial charge in [0, 0.05) is 11.4 Å². The van der Waals surface area contributed by atoms with Crippen molar-refractivity contribution in [3.63, 3.8) is 0 Å². The van der Waals surface area contributed by atoms with Gasteiger partial charge in [0.15, 0.2) is 0 Å². The zero-order chi connectivity index (χ0) is 40.6. The Morgan fingerprint density at radius 1 is 0.441 bits per heavy atom. The van der Waals surface area contributed by atoms with Crippen LogP contribution in [0, 0.1) is 5.41 Å². The first-order valence-electron chi connectivity index (χ1n) is 21.4. The smallest absolute Gasteiger partial charge is 0.0720 e. The standard InChI is InChI=1S/C58H53N/c1-55(2,3)40-29-33-44(34-30-40)59(45-35-31-41(32-36-45)56(4,5)6)46-37-38-48-47-23-13-14-24-49(47)58(54(48)39-46)52-27-17-15-25-50(52)57(42-19-9-7-10-20-42,43-21-11-8-12-22-43)51-26-16-18-28-53(51)58/h7-35,37-39,45H,36H2,1-6H3. The van der Waals surface area contributed by atoms with E-state index in [1.54, 1.807) is 0 Å². The van der Waals surface area contributed by atoms with Gasteiger partial charge in [0.25, 0.3) is 0 Å². The summed E-state index contributed by atoms with van der Waals surface area (Å²) < 4.78 is 0. The van der Waals surface area contributed by atoms with Crippen LogP contribution in [0.15, 0.2) is 200 Å². The molecular formula is C58H53N. The Labute approximate surface area is 351 Å². The fourth-order valence-electron chi connectivity index (χ4n) is 10.7. The molecule has 0 saturated carbocycles. The second-order valence-electron chi connectivity index (χ2n) is 18.8.